The second-order valence-electron chi connectivity index (χ2n) is 9.11. The lowest BCUT2D eigenvalue weighted by molar-refractivity contribution is 0.0683. The fourth-order valence-electron chi connectivity index (χ4n) is 4.17. The van der Waals surface area contributed by atoms with Gasteiger partial charge in [0.2, 0.25) is 0 Å². The normalized spacial score (nSPS) is 10.3. The van der Waals surface area contributed by atoms with Gasteiger partial charge in [-0.15, -0.1) is 0 Å². The molecule has 4 N–H and O–H groups in total. The van der Waals surface area contributed by atoms with Crippen molar-refractivity contribution >= 4 is 47.3 Å². The Morgan fingerprint density at radius 2 is 0.927 bits per heavy atom. The van der Waals surface area contributed by atoms with Crippen molar-refractivity contribution in [3.05, 3.63) is 143 Å². The van der Waals surface area contributed by atoms with Crippen molar-refractivity contribution in [3.8, 4) is 0 Å². The Kier molecular flexibility index (Phi) is 8.54. The summed E-state index contributed by atoms with van der Waals surface area (Å²) in [7, 11) is 0. The highest BCUT2D eigenvalue weighted by Gasteiger charge is 2.18. The van der Waals surface area contributed by atoms with Crippen molar-refractivity contribution in [3.63, 3.8) is 0 Å². The minimum atomic E-state index is -1.20. The molecule has 0 heterocycles. The third kappa shape index (κ3) is 6.82. The summed E-state index contributed by atoms with van der Waals surface area (Å²) in [6.45, 7) is 7.32. The molecule has 8 nitrogen and oxygen atoms in total. The Morgan fingerprint density at radius 1 is 0.561 bits per heavy atom. The fraction of sp³-hybridized carbons (Fsp3) is 0.0303. The number of hydrogen-bond donors (Lipinski definition) is 4. The van der Waals surface area contributed by atoms with Gasteiger partial charge in [0, 0.05) is 11.4 Å². The van der Waals surface area contributed by atoms with E-state index >= 15 is 0 Å². The van der Waals surface area contributed by atoms with Crippen LogP contribution in [0.15, 0.2) is 98.1 Å². The quantitative estimate of drug-likeness (QED) is 0.180. The highest BCUT2D eigenvalue weighted by atomic mass is 16.4. The third-order valence-electron chi connectivity index (χ3n) is 6.34. The monoisotopic (exact) mass is 546 g/mol. The van der Waals surface area contributed by atoms with E-state index < -0.39 is 23.8 Å². The van der Waals surface area contributed by atoms with E-state index in [1.807, 2.05) is 24.3 Å². The van der Waals surface area contributed by atoms with Crippen LogP contribution >= 0.6 is 0 Å². The molecule has 0 bridgehead atoms. The number of amides is 2. The first kappa shape index (κ1) is 28.3. The maximum Gasteiger partial charge on any atom is 0.336 e. The molecule has 2 amide bonds. The first-order valence-corrected chi connectivity index (χ1v) is 12.5. The fourth-order valence-corrected chi connectivity index (χ4v) is 4.17. The summed E-state index contributed by atoms with van der Waals surface area (Å²) in [6.07, 6.45) is 3.65. The van der Waals surface area contributed by atoms with Crippen molar-refractivity contribution in [1.82, 2.24) is 0 Å². The van der Waals surface area contributed by atoms with Gasteiger partial charge in [0.25, 0.3) is 11.8 Å². The molecule has 41 heavy (non-hydrogen) atoms. The molecule has 0 saturated heterocycles. The number of carbonyl (C=O) groups excluding carboxylic acids is 2. The van der Waals surface area contributed by atoms with Crippen LogP contribution in [0.2, 0.25) is 0 Å². The molecule has 204 valence electrons. The molecule has 0 aliphatic heterocycles. The summed E-state index contributed by atoms with van der Waals surface area (Å²) in [4.78, 5) is 48.7. The van der Waals surface area contributed by atoms with Crippen LogP contribution < -0.4 is 10.6 Å². The maximum atomic E-state index is 12.8. The van der Waals surface area contributed by atoms with Gasteiger partial charge in [0.15, 0.2) is 0 Å². The number of rotatable bonds is 10. The second-order valence-corrected chi connectivity index (χ2v) is 9.11. The minimum Gasteiger partial charge on any atom is -0.478 e. The standard InChI is InChI=1S/C33H26N2O6/c1-3-20-9-15-26(32(38)39)28(18-20)30(36)34-24-11-5-22(6-12-24)17-23-7-13-25(14-8-23)35-31(37)29-19-21(4-2)10-16-27(29)33(40)41/h3-16,18-19H,1-2,17H2,(H,34,36)(H,35,37)(H,38,39)(H,40,41). The number of nitrogens with one attached hydrogen (secondary N) is 2. The SMILES string of the molecule is C=Cc1ccc(C(=O)O)c(C(=O)Nc2ccc(Cc3ccc(NC(=O)c4cc(C=C)ccc4C(=O)O)cc3)cc2)c1. The van der Waals surface area contributed by atoms with Crippen molar-refractivity contribution < 1.29 is 29.4 Å². The molecule has 8 heteroatoms. The largest absolute Gasteiger partial charge is 0.478 e. The molecule has 0 aromatic heterocycles. The molecule has 0 saturated carbocycles. The summed E-state index contributed by atoms with van der Waals surface area (Å²) < 4.78 is 0. The van der Waals surface area contributed by atoms with Gasteiger partial charge in [-0.05, 0) is 77.2 Å². The Labute approximate surface area is 236 Å². The molecule has 0 aliphatic rings. The summed E-state index contributed by atoms with van der Waals surface area (Å²) in [5.74, 6) is -3.47. The minimum absolute atomic E-state index is 0.0405. The van der Waals surface area contributed by atoms with Crippen molar-refractivity contribution in [2.45, 2.75) is 6.42 Å². The summed E-state index contributed by atoms with van der Waals surface area (Å²) in [6, 6.07) is 23.2. The van der Waals surface area contributed by atoms with Gasteiger partial charge in [-0.2, -0.15) is 0 Å². The third-order valence-corrected chi connectivity index (χ3v) is 6.34. The molecular formula is C33H26N2O6. The van der Waals surface area contributed by atoms with Crippen LogP contribution in [-0.4, -0.2) is 34.0 Å². The maximum absolute atomic E-state index is 12.8. The lowest BCUT2D eigenvalue weighted by atomic mass is 10.0. The van der Waals surface area contributed by atoms with Crippen molar-refractivity contribution in [1.29, 1.82) is 0 Å². The Morgan fingerprint density at radius 3 is 1.24 bits per heavy atom. The van der Waals surface area contributed by atoms with Crippen LogP contribution in [0.4, 0.5) is 11.4 Å². The molecule has 0 unspecified atom stereocenters. The van der Waals surface area contributed by atoms with Crippen LogP contribution in [0.25, 0.3) is 12.2 Å². The average Bonchev–Trinajstić information content (AvgIpc) is 2.98. The molecular weight excluding hydrogens is 520 g/mol. The zero-order valence-corrected chi connectivity index (χ0v) is 21.9. The van der Waals surface area contributed by atoms with E-state index in [-0.39, 0.29) is 22.3 Å². The van der Waals surface area contributed by atoms with E-state index in [9.17, 15) is 29.4 Å². The topological polar surface area (TPSA) is 133 Å². The number of anilines is 2. The van der Waals surface area contributed by atoms with E-state index in [0.29, 0.717) is 28.9 Å². The first-order valence-electron chi connectivity index (χ1n) is 12.5. The summed E-state index contributed by atoms with van der Waals surface area (Å²) >= 11 is 0. The van der Waals surface area contributed by atoms with Gasteiger partial charge in [-0.1, -0.05) is 61.7 Å². The molecule has 0 aliphatic carbocycles. The number of carbonyl (C=O) groups is 4. The molecule has 0 radical (unpaired) electrons. The van der Waals surface area contributed by atoms with Gasteiger partial charge < -0.3 is 20.8 Å². The molecule has 0 spiro atoms. The Hall–Kier alpha value is -5.76. The summed E-state index contributed by atoms with van der Waals surface area (Å²) in [5, 5.41) is 24.3. The average molecular weight is 547 g/mol. The lowest BCUT2D eigenvalue weighted by Gasteiger charge is -2.11. The van der Waals surface area contributed by atoms with E-state index in [2.05, 4.69) is 23.8 Å². The number of carboxylic acids is 2. The number of carboxylic acid groups (broad SMARTS) is 2. The van der Waals surface area contributed by atoms with Gasteiger partial charge in [0.1, 0.15) is 0 Å². The van der Waals surface area contributed by atoms with Crippen LogP contribution in [0.3, 0.4) is 0 Å². The molecule has 0 atom stereocenters. The molecule has 4 rings (SSSR count). The predicted molar refractivity (Wildman–Crippen MR) is 159 cm³/mol. The van der Waals surface area contributed by atoms with Gasteiger partial charge >= 0.3 is 11.9 Å². The molecule has 4 aromatic carbocycles. The van der Waals surface area contributed by atoms with Crippen LogP contribution in [-0.2, 0) is 6.42 Å². The smallest absolute Gasteiger partial charge is 0.336 e. The zero-order valence-electron chi connectivity index (χ0n) is 21.9. The van der Waals surface area contributed by atoms with Crippen LogP contribution in [0.5, 0.6) is 0 Å². The van der Waals surface area contributed by atoms with Crippen molar-refractivity contribution in [2.24, 2.45) is 0 Å². The highest BCUT2D eigenvalue weighted by molar-refractivity contribution is 6.12. The first-order chi connectivity index (χ1) is 19.7. The van der Waals surface area contributed by atoms with E-state index in [1.54, 1.807) is 36.4 Å². The number of aromatic carboxylic acids is 2. The van der Waals surface area contributed by atoms with Gasteiger partial charge in [-0.25, -0.2) is 9.59 Å². The highest BCUT2D eigenvalue weighted by Crippen LogP contribution is 2.20. The second kappa shape index (κ2) is 12.4. The van der Waals surface area contributed by atoms with Crippen molar-refractivity contribution in [2.75, 3.05) is 10.6 Å². The van der Waals surface area contributed by atoms with E-state index in [4.69, 9.17) is 0 Å². The van der Waals surface area contributed by atoms with Gasteiger partial charge in [-0.3, -0.25) is 9.59 Å². The van der Waals surface area contributed by atoms with Gasteiger partial charge in [0.05, 0.1) is 22.3 Å². The van der Waals surface area contributed by atoms with E-state index in [0.717, 1.165) is 11.1 Å². The Bertz CT molecular complexity index is 1550. The Balaban J connectivity index is 1.41. The lowest BCUT2D eigenvalue weighted by Crippen LogP contribution is -2.16. The molecule has 4 aromatic rings. The number of hydrogen-bond acceptors (Lipinski definition) is 4. The van der Waals surface area contributed by atoms with Crippen LogP contribution in [0.1, 0.15) is 63.7 Å². The zero-order chi connectivity index (χ0) is 29.5. The summed E-state index contributed by atoms with van der Waals surface area (Å²) in [5.41, 5.74) is 4.10. The van der Waals surface area contributed by atoms with Crippen LogP contribution in [0, 0.1) is 0 Å². The van der Waals surface area contributed by atoms with E-state index in [1.165, 1.54) is 36.4 Å². The predicted octanol–water partition coefficient (Wildman–Crippen LogP) is 6.46. The molecule has 0 fully saturated rings. The number of benzene rings is 4.